The van der Waals surface area contributed by atoms with Crippen molar-refractivity contribution in [2.45, 2.75) is 5.92 Å². The largest absolute Gasteiger partial charge is 2.00 e. The number of benzene rings is 2. The van der Waals surface area contributed by atoms with Gasteiger partial charge in [-0.3, -0.25) is 0 Å². The molecule has 2 aromatic carbocycles. The second-order valence-corrected chi connectivity index (χ2v) is 7.37. The number of aromatic nitrogens is 1. The molecule has 3 aromatic rings. The summed E-state index contributed by atoms with van der Waals surface area (Å²) in [5.41, 5.74) is 3.80. The molecule has 1 heterocycles. The Morgan fingerprint density at radius 2 is 1.39 bits per heavy atom. The molecule has 28 heavy (non-hydrogen) atoms. The molecule has 0 spiro atoms. The van der Waals surface area contributed by atoms with Gasteiger partial charge in [0.25, 0.3) is 0 Å². The predicted molar refractivity (Wildman–Crippen MR) is 116 cm³/mol. The zero-order valence-corrected chi connectivity index (χ0v) is 17.9. The Morgan fingerprint density at radius 1 is 0.750 bits per heavy atom. The summed E-state index contributed by atoms with van der Waals surface area (Å²) >= 11 is 3.59. The van der Waals surface area contributed by atoms with E-state index in [9.17, 15) is 0 Å². The van der Waals surface area contributed by atoms with E-state index in [0.29, 0.717) is 0 Å². The quantitative estimate of drug-likeness (QED) is 0.422. The number of fused-ring (bicyclic) bond motifs is 1. The van der Waals surface area contributed by atoms with E-state index in [4.69, 9.17) is 0 Å². The maximum atomic E-state index is 3.59. The summed E-state index contributed by atoms with van der Waals surface area (Å²) in [6.45, 7) is 0. The van der Waals surface area contributed by atoms with Crippen molar-refractivity contribution in [3.05, 3.63) is 134 Å². The molecule has 1 atom stereocenters. The molecule has 1 nitrogen and oxygen atoms in total. The van der Waals surface area contributed by atoms with Gasteiger partial charge in [0.1, 0.15) is 0 Å². The number of aromatic amines is 1. The summed E-state index contributed by atoms with van der Waals surface area (Å²) in [5, 5.41) is 1.27. The Morgan fingerprint density at radius 3 is 2.04 bits per heavy atom. The first-order valence-electron chi connectivity index (χ1n) is 9.03. The second kappa shape index (κ2) is 10.7. The maximum Gasteiger partial charge on any atom is 2.00 e. The molecule has 1 unspecified atom stereocenters. The summed E-state index contributed by atoms with van der Waals surface area (Å²) in [6.07, 6.45) is 20.8. The first-order valence-corrected chi connectivity index (χ1v) is 9.82. The Labute approximate surface area is 188 Å². The van der Waals surface area contributed by atoms with Gasteiger partial charge in [-0.15, -0.1) is 0 Å². The third kappa shape index (κ3) is 5.12. The molecule has 2 aliphatic carbocycles. The van der Waals surface area contributed by atoms with Gasteiger partial charge in [-0.1, -0.05) is 46.3 Å². The summed E-state index contributed by atoms with van der Waals surface area (Å²) in [4.78, 5) is 3.41. The molecule has 0 amide bonds. The number of halogens is 1. The number of nitrogens with one attached hydrogen (secondary N) is 1. The van der Waals surface area contributed by atoms with Crippen LogP contribution in [0.1, 0.15) is 17.0 Å². The maximum absolute atomic E-state index is 3.59. The minimum Gasteiger partial charge on any atom is -0.361 e. The van der Waals surface area contributed by atoms with Crippen LogP contribution >= 0.6 is 15.9 Å². The first-order chi connectivity index (χ1) is 13.3. The van der Waals surface area contributed by atoms with Crippen LogP contribution in [0.5, 0.6) is 0 Å². The molecular formula is C25H20BrFeN+2. The van der Waals surface area contributed by atoms with E-state index >= 15 is 0 Å². The minimum atomic E-state index is 0. The smallest absolute Gasteiger partial charge is 0.361 e. The predicted octanol–water partition coefficient (Wildman–Crippen LogP) is 6.49. The van der Waals surface area contributed by atoms with E-state index in [0.717, 1.165) is 4.47 Å². The summed E-state index contributed by atoms with van der Waals surface area (Å²) in [7, 11) is 0. The Balaban J connectivity index is 0.000000329. The first kappa shape index (κ1) is 21.7. The number of rotatable bonds is 3. The standard InChI is InChI=1S/C20H15BrN.C5H5.Fe/c21-16-10-11-19-17(12-16)18(13-22-19)20(15-8-4-5-9-15)14-6-2-1-3-7-14;1-2-4-5-3-1;/h1-13,20,22H;1-5H;/q;;+2. The molecule has 138 valence electrons. The molecule has 10 radical (unpaired) electrons. The van der Waals surface area contributed by atoms with Crippen molar-refractivity contribution in [2.75, 3.05) is 0 Å². The van der Waals surface area contributed by atoms with Gasteiger partial charge in [0.2, 0.25) is 0 Å². The fourth-order valence-corrected chi connectivity index (χ4v) is 3.81. The summed E-state index contributed by atoms with van der Waals surface area (Å²) < 4.78 is 1.11. The van der Waals surface area contributed by atoms with Crippen molar-refractivity contribution in [1.82, 2.24) is 4.98 Å². The van der Waals surface area contributed by atoms with E-state index in [2.05, 4.69) is 101 Å². The molecule has 3 heteroatoms. The Kier molecular flexibility index (Phi) is 8.26. The average molecular weight is 470 g/mol. The molecule has 5 rings (SSSR count). The van der Waals surface area contributed by atoms with Crippen LogP contribution in [-0.2, 0) is 17.1 Å². The van der Waals surface area contributed by atoms with Gasteiger partial charge in [0.15, 0.2) is 0 Å². The summed E-state index contributed by atoms with van der Waals surface area (Å²) in [6, 6.07) is 17.1. The summed E-state index contributed by atoms with van der Waals surface area (Å²) in [5.74, 6) is 1.58. The van der Waals surface area contributed by atoms with Gasteiger partial charge in [0, 0.05) is 27.5 Å². The van der Waals surface area contributed by atoms with Gasteiger partial charge in [-0.25, -0.2) is 0 Å². The fourth-order valence-electron chi connectivity index (χ4n) is 3.45. The van der Waals surface area contributed by atoms with Crippen LogP contribution in [0.4, 0.5) is 0 Å². The normalized spacial score (nSPS) is 17.8. The molecule has 2 aliphatic rings. The van der Waals surface area contributed by atoms with Crippen molar-refractivity contribution >= 4 is 26.8 Å². The van der Waals surface area contributed by atoms with Crippen LogP contribution in [0.2, 0.25) is 0 Å². The van der Waals surface area contributed by atoms with Crippen LogP contribution in [0, 0.1) is 63.7 Å². The monoisotopic (exact) mass is 469 g/mol. The zero-order chi connectivity index (χ0) is 18.5. The molecule has 2 fully saturated rings. The van der Waals surface area contributed by atoms with E-state index in [1.807, 2.05) is 32.1 Å². The third-order valence-electron chi connectivity index (χ3n) is 4.70. The molecule has 2 saturated carbocycles. The molecule has 1 N–H and O–H groups in total. The van der Waals surface area contributed by atoms with E-state index in [1.165, 1.54) is 27.9 Å². The average Bonchev–Trinajstić information content (AvgIpc) is 3.48. The van der Waals surface area contributed by atoms with Crippen LogP contribution < -0.4 is 0 Å². The van der Waals surface area contributed by atoms with Crippen LogP contribution in [-0.4, -0.2) is 4.98 Å². The van der Waals surface area contributed by atoms with Crippen LogP contribution in [0.3, 0.4) is 0 Å². The molecular weight excluding hydrogens is 450 g/mol. The SMILES string of the molecule is Brc1ccc2[nH]cc(C([C]3[CH][CH][CH][CH]3)c3ccccc3)c2c1.[CH]1[CH][CH][CH][CH]1.[Fe+2]. The molecule has 0 bridgehead atoms. The van der Waals surface area contributed by atoms with E-state index in [-0.39, 0.29) is 23.0 Å². The number of H-pyrrole nitrogens is 1. The fraction of sp³-hybridized carbons (Fsp3) is 0.0400. The van der Waals surface area contributed by atoms with Crippen molar-refractivity contribution in [3.63, 3.8) is 0 Å². The second-order valence-electron chi connectivity index (χ2n) is 6.46. The van der Waals surface area contributed by atoms with Gasteiger partial charge >= 0.3 is 17.1 Å². The van der Waals surface area contributed by atoms with Gasteiger partial charge in [-0.2, -0.15) is 0 Å². The minimum absolute atomic E-state index is 0. The molecule has 0 saturated heterocycles. The Hall–Kier alpha value is -1.02. The zero-order valence-electron chi connectivity index (χ0n) is 15.2. The molecule has 0 aliphatic heterocycles. The van der Waals surface area contributed by atoms with E-state index in [1.54, 1.807) is 0 Å². The van der Waals surface area contributed by atoms with Crippen molar-refractivity contribution in [1.29, 1.82) is 0 Å². The number of hydrogen-bond donors (Lipinski definition) is 1. The van der Waals surface area contributed by atoms with Gasteiger partial charge < -0.3 is 4.98 Å². The van der Waals surface area contributed by atoms with Crippen molar-refractivity contribution < 1.29 is 17.1 Å². The van der Waals surface area contributed by atoms with Gasteiger partial charge in [-0.05, 0) is 93.0 Å². The van der Waals surface area contributed by atoms with Gasteiger partial charge in [0.05, 0.1) is 0 Å². The topological polar surface area (TPSA) is 15.8 Å². The van der Waals surface area contributed by atoms with Crippen molar-refractivity contribution in [3.8, 4) is 0 Å². The van der Waals surface area contributed by atoms with E-state index < -0.39 is 0 Å². The van der Waals surface area contributed by atoms with Crippen molar-refractivity contribution in [2.24, 2.45) is 0 Å². The third-order valence-corrected chi connectivity index (χ3v) is 5.19. The Bertz CT molecular complexity index is 840. The molecule has 1 aromatic heterocycles. The number of hydrogen-bond acceptors (Lipinski definition) is 0. The van der Waals surface area contributed by atoms with Crippen LogP contribution in [0.25, 0.3) is 10.9 Å². The van der Waals surface area contributed by atoms with Crippen LogP contribution in [0.15, 0.2) is 59.2 Å².